The topological polar surface area (TPSA) is 24.5 Å². The molecule has 0 aromatic rings. The van der Waals surface area contributed by atoms with Crippen molar-refractivity contribution in [1.29, 1.82) is 0 Å². The Labute approximate surface area is 112 Å². The number of nitrogens with one attached hydrogen (secondary N) is 1. The zero-order valence-corrected chi connectivity index (χ0v) is 12.2. The van der Waals surface area contributed by atoms with Crippen molar-refractivity contribution in [1.82, 2.24) is 10.2 Å². The normalized spacial score (nSPS) is 27.7. The van der Waals surface area contributed by atoms with Crippen molar-refractivity contribution in [2.75, 3.05) is 32.8 Å². The molecule has 1 N–H and O–H groups in total. The van der Waals surface area contributed by atoms with E-state index in [2.05, 4.69) is 24.1 Å². The van der Waals surface area contributed by atoms with Crippen molar-refractivity contribution in [2.24, 2.45) is 5.92 Å². The maximum Gasteiger partial charge on any atom is 0.0480 e. The Morgan fingerprint density at radius 1 is 1.11 bits per heavy atom. The van der Waals surface area contributed by atoms with E-state index < -0.39 is 0 Å². The third kappa shape index (κ3) is 4.22. The van der Waals surface area contributed by atoms with Crippen molar-refractivity contribution in [3.8, 4) is 0 Å². The van der Waals surface area contributed by atoms with Gasteiger partial charge in [0.05, 0.1) is 0 Å². The summed E-state index contributed by atoms with van der Waals surface area (Å²) in [6.45, 7) is 10.4. The predicted octanol–water partition coefficient (Wildman–Crippen LogP) is 2.27. The second kappa shape index (κ2) is 7.46. The molecule has 0 saturated carbocycles. The highest BCUT2D eigenvalue weighted by atomic mass is 16.5. The average molecular weight is 254 g/mol. The number of nitrogens with zero attached hydrogens (tertiary/aromatic N) is 1. The molecule has 0 spiro atoms. The second-order valence-corrected chi connectivity index (χ2v) is 6.18. The van der Waals surface area contributed by atoms with Gasteiger partial charge in [0.15, 0.2) is 0 Å². The molecule has 1 unspecified atom stereocenters. The summed E-state index contributed by atoms with van der Waals surface area (Å²) in [5, 5.41) is 3.47. The molecule has 1 atom stereocenters. The summed E-state index contributed by atoms with van der Waals surface area (Å²) in [5.41, 5.74) is 0. The standard InChI is InChI=1S/C15H30N2O/c1-13(2)17(12-14-5-8-16-9-6-14)15-4-3-10-18-11-7-15/h13-16H,3-12H2,1-2H3. The molecule has 2 aliphatic heterocycles. The molecule has 106 valence electrons. The van der Waals surface area contributed by atoms with E-state index in [0.717, 1.165) is 25.2 Å². The molecular formula is C15H30N2O. The van der Waals surface area contributed by atoms with Crippen LogP contribution in [0.15, 0.2) is 0 Å². The fraction of sp³-hybridized carbons (Fsp3) is 1.00. The van der Waals surface area contributed by atoms with Crippen LogP contribution in [0.25, 0.3) is 0 Å². The molecular weight excluding hydrogens is 224 g/mol. The smallest absolute Gasteiger partial charge is 0.0480 e. The van der Waals surface area contributed by atoms with Crippen LogP contribution in [0, 0.1) is 5.92 Å². The van der Waals surface area contributed by atoms with E-state index in [0.29, 0.717) is 6.04 Å². The minimum atomic E-state index is 0.669. The van der Waals surface area contributed by atoms with Gasteiger partial charge in [-0.25, -0.2) is 0 Å². The van der Waals surface area contributed by atoms with E-state index in [1.165, 1.54) is 51.7 Å². The van der Waals surface area contributed by atoms with Crippen LogP contribution in [0.2, 0.25) is 0 Å². The second-order valence-electron chi connectivity index (χ2n) is 6.18. The van der Waals surface area contributed by atoms with Gasteiger partial charge in [-0.3, -0.25) is 4.90 Å². The number of ether oxygens (including phenoxy) is 1. The Kier molecular flexibility index (Phi) is 5.93. The van der Waals surface area contributed by atoms with Crippen LogP contribution >= 0.6 is 0 Å². The average Bonchev–Trinajstić information content (AvgIpc) is 2.65. The molecule has 2 fully saturated rings. The molecule has 2 rings (SSSR count). The van der Waals surface area contributed by atoms with Gasteiger partial charge in [0.2, 0.25) is 0 Å². The number of piperidine rings is 1. The molecule has 0 aromatic heterocycles. The highest BCUT2D eigenvalue weighted by Crippen LogP contribution is 2.22. The first-order chi connectivity index (χ1) is 8.77. The molecule has 0 radical (unpaired) electrons. The first kappa shape index (κ1) is 14.3. The minimum Gasteiger partial charge on any atom is -0.381 e. The third-order valence-electron chi connectivity index (χ3n) is 4.48. The van der Waals surface area contributed by atoms with Crippen molar-refractivity contribution < 1.29 is 4.74 Å². The van der Waals surface area contributed by atoms with Crippen LogP contribution < -0.4 is 5.32 Å². The summed E-state index contributed by atoms with van der Waals surface area (Å²) in [4.78, 5) is 2.75. The fourth-order valence-electron chi connectivity index (χ4n) is 3.36. The molecule has 2 aliphatic rings. The lowest BCUT2D eigenvalue weighted by molar-refractivity contribution is 0.0944. The van der Waals surface area contributed by atoms with Crippen LogP contribution in [0.1, 0.15) is 46.0 Å². The maximum atomic E-state index is 5.61. The Hall–Kier alpha value is -0.120. The quantitative estimate of drug-likeness (QED) is 0.833. The summed E-state index contributed by atoms with van der Waals surface area (Å²) in [6.07, 6.45) is 6.49. The Morgan fingerprint density at radius 2 is 1.89 bits per heavy atom. The van der Waals surface area contributed by atoms with Crippen molar-refractivity contribution in [2.45, 2.75) is 58.0 Å². The molecule has 2 saturated heterocycles. The fourth-order valence-corrected chi connectivity index (χ4v) is 3.36. The number of rotatable bonds is 4. The lowest BCUT2D eigenvalue weighted by Crippen LogP contribution is -2.45. The van der Waals surface area contributed by atoms with E-state index in [1.807, 2.05) is 0 Å². The summed E-state index contributed by atoms with van der Waals surface area (Å²) in [6, 6.07) is 1.42. The zero-order chi connectivity index (χ0) is 12.8. The Morgan fingerprint density at radius 3 is 2.61 bits per heavy atom. The highest BCUT2D eigenvalue weighted by Gasteiger charge is 2.25. The minimum absolute atomic E-state index is 0.669. The highest BCUT2D eigenvalue weighted by molar-refractivity contribution is 4.80. The zero-order valence-electron chi connectivity index (χ0n) is 12.2. The van der Waals surface area contributed by atoms with E-state index in [9.17, 15) is 0 Å². The maximum absolute atomic E-state index is 5.61. The van der Waals surface area contributed by atoms with E-state index in [1.54, 1.807) is 0 Å². The van der Waals surface area contributed by atoms with Gasteiger partial charge in [-0.1, -0.05) is 0 Å². The van der Waals surface area contributed by atoms with Crippen LogP contribution in [-0.4, -0.2) is 49.8 Å². The van der Waals surface area contributed by atoms with E-state index >= 15 is 0 Å². The van der Waals surface area contributed by atoms with Gasteiger partial charge in [0.1, 0.15) is 0 Å². The largest absolute Gasteiger partial charge is 0.381 e. The molecule has 3 nitrogen and oxygen atoms in total. The molecule has 2 heterocycles. The number of hydrogen-bond donors (Lipinski definition) is 1. The monoisotopic (exact) mass is 254 g/mol. The summed E-state index contributed by atoms with van der Waals surface area (Å²) in [7, 11) is 0. The third-order valence-corrected chi connectivity index (χ3v) is 4.48. The first-order valence-corrected chi connectivity index (χ1v) is 7.81. The Bertz CT molecular complexity index is 219. The molecule has 0 aliphatic carbocycles. The van der Waals surface area contributed by atoms with Gasteiger partial charge in [-0.2, -0.15) is 0 Å². The lowest BCUT2D eigenvalue weighted by Gasteiger charge is -2.38. The van der Waals surface area contributed by atoms with E-state index in [4.69, 9.17) is 4.74 Å². The van der Waals surface area contributed by atoms with Gasteiger partial charge in [-0.05, 0) is 65.0 Å². The molecule has 0 amide bonds. The van der Waals surface area contributed by atoms with Gasteiger partial charge in [-0.15, -0.1) is 0 Å². The molecule has 3 heteroatoms. The molecule has 18 heavy (non-hydrogen) atoms. The summed E-state index contributed by atoms with van der Waals surface area (Å²) < 4.78 is 5.61. The van der Waals surface area contributed by atoms with Crippen LogP contribution in [0.3, 0.4) is 0 Å². The van der Waals surface area contributed by atoms with Crippen LogP contribution in [0.5, 0.6) is 0 Å². The van der Waals surface area contributed by atoms with Crippen molar-refractivity contribution in [3.05, 3.63) is 0 Å². The van der Waals surface area contributed by atoms with Gasteiger partial charge in [0.25, 0.3) is 0 Å². The van der Waals surface area contributed by atoms with Crippen LogP contribution in [-0.2, 0) is 4.74 Å². The lowest BCUT2D eigenvalue weighted by atomic mass is 9.95. The Balaban J connectivity index is 1.89. The number of hydrogen-bond acceptors (Lipinski definition) is 3. The van der Waals surface area contributed by atoms with E-state index in [-0.39, 0.29) is 0 Å². The first-order valence-electron chi connectivity index (χ1n) is 7.81. The van der Waals surface area contributed by atoms with Gasteiger partial charge >= 0.3 is 0 Å². The van der Waals surface area contributed by atoms with Crippen molar-refractivity contribution in [3.63, 3.8) is 0 Å². The van der Waals surface area contributed by atoms with Gasteiger partial charge in [0, 0.05) is 31.8 Å². The summed E-state index contributed by atoms with van der Waals surface area (Å²) in [5.74, 6) is 0.901. The van der Waals surface area contributed by atoms with Gasteiger partial charge < -0.3 is 10.1 Å². The van der Waals surface area contributed by atoms with Crippen molar-refractivity contribution >= 4 is 0 Å². The molecule has 0 bridgehead atoms. The van der Waals surface area contributed by atoms with Crippen LogP contribution in [0.4, 0.5) is 0 Å². The molecule has 0 aromatic carbocycles. The SMILES string of the molecule is CC(C)N(CC1CCNCC1)C1CCCOCC1. The predicted molar refractivity (Wildman–Crippen MR) is 75.9 cm³/mol. The summed E-state index contributed by atoms with van der Waals surface area (Å²) >= 11 is 0.